The predicted molar refractivity (Wildman–Crippen MR) is 80.8 cm³/mol. The summed E-state index contributed by atoms with van der Waals surface area (Å²) >= 11 is 0. The summed E-state index contributed by atoms with van der Waals surface area (Å²) in [5, 5.41) is 20.7. The molecule has 1 aromatic heterocycles. The first-order valence-corrected chi connectivity index (χ1v) is 6.48. The van der Waals surface area contributed by atoms with Gasteiger partial charge < -0.3 is 21.1 Å². The maximum atomic E-state index is 11.9. The fourth-order valence-electron chi connectivity index (χ4n) is 1.83. The minimum absolute atomic E-state index is 0.319. The molecule has 7 heteroatoms. The standard InChI is InChI=1S/C14H16BN3O3/c16-12(14(19)18-13-3-1-2-8-17-13)9-10-4-6-11(7-5-10)15(20)21/h1-8,12,20-21H,9,16H2,(H,17,18,19)/t12-/m0/s1. The van der Waals surface area contributed by atoms with Crippen molar-refractivity contribution in [2.24, 2.45) is 5.73 Å². The van der Waals surface area contributed by atoms with Gasteiger partial charge in [-0.3, -0.25) is 4.79 Å². The third-order valence-electron chi connectivity index (χ3n) is 2.99. The van der Waals surface area contributed by atoms with Crippen LogP contribution in [-0.4, -0.2) is 34.1 Å². The summed E-state index contributed by atoms with van der Waals surface area (Å²) in [6, 6.07) is 11.1. The third-order valence-corrected chi connectivity index (χ3v) is 2.99. The molecular weight excluding hydrogens is 269 g/mol. The van der Waals surface area contributed by atoms with Gasteiger partial charge in [0.2, 0.25) is 5.91 Å². The van der Waals surface area contributed by atoms with Crippen LogP contribution in [0.5, 0.6) is 0 Å². The lowest BCUT2D eigenvalue weighted by molar-refractivity contribution is -0.117. The Morgan fingerprint density at radius 2 is 1.95 bits per heavy atom. The van der Waals surface area contributed by atoms with E-state index >= 15 is 0 Å². The van der Waals surface area contributed by atoms with Crippen LogP contribution < -0.4 is 16.5 Å². The van der Waals surface area contributed by atoms with E-state index < -0.39 is 13.2 Å². The zero-order valence-electron chi connectivity index (χ0n) is 11.3. The summed E-state index contributed by atoms with van der Waals surface area (Å²) in [7, 11) is -1.50. The lowest BCUT2D eigenvalue weighted by Gasteiger charge is -2.12. The van der Waals surface area contributed by atoms with Crippen molar-refractivity contribution in [3.63, 3.8) is 0 Å². The number of pyridine rings is 1. The highest BCUT2D eigenvalue weighted by atomic mass is 16.4. The number of nitrogens with two attached hydrogens (primary N) is 1. The van der Waals surface area contributed by atoms with Gasteiger partial charge in [-0.25, -0.2) is 4.98 Å². The number of carbonyl (C=O) groups excluding carboxylic acids is 1. The zero-order valence-corrected chi connectivity index (χ0v) is 11.3. The van der Waals surface area contributed by atoms with Crippen molar-refractivity contribution in [1.29, 1.82) is 0 Å². The van der Waals surface area contributed by atoms with Crippen LogP contribution in [0.2, 0.25) is 0 Å². The van der Waals surface area contributed by atoms with Crippen LogP contribution in [0.4, 0.5) is 5.82 Å². The number of benzene rings is 1. The van der Waals surface area contributed by atoms with E-state index in [0.717, 1.165) is 5.56 Å². The summed E-state index contributed by atoms with van der Waals surface area (Å²) in [4.78, 5) is 15.9. The number of hydrogen-bond acceptors (Lipinski definition) is 5. The number of nitrogens with zero attached hydrogens (tertiary/aromatic N) is 1. The maximum absolute atomic E-state index is 11.9. The number of carbonyl (C=O) groups is 1. The van der Waals surface area contributed by atoms with Crippen LogP contribution in [-0.2, 0) is 11.2 Å². The summed E-state index contributed by atoms with van der Waals surface area (Å²) in [5.74, 6) is 0.136. The first-order chi connectivity index (χ1) is 10.1. The first kappa shape index (κ1) is 15.2. The normalized spacial score (nSPS) is 11.8. The molecule has 21 heavy (non-hydrogen) atoms. The van der Waals surface area contributed by atoms with Gasteiger partial charge in [0.05, 0.1) is 6.04 Å². The van der Waals surface area contributed by atoms with Gasteiger partial charge in [-0.2, -0.15) is 0 Å². The summed E-state index contributed by atoms with van der Waals surface area (Å²) in [6.07, 6.45) is 1.93. The second kappa shape index (κ2) is 6.98. The second-order valence-electron chi connectivity index (χ2n) is 4.63. The van der Waals surface area contributed by atoms with Crippen molar-refractivity contribution >= 4 is 24.3 Å². The Kier molecular flexibility index (Phi) is 5.05. The molecule has 0 fully saturated rings. The van der Waals surface area contributed by atoms with E-state index in [9.17, 15) is 4.79 Å². The van der Waals surface area contributed by atoms with Gasteiger partial charge in [0, 0.05) is 6.20 Å². The fourth-order valence-corrected chi connectivity index (χ4v) is 1.83. The number of anilines is 1. The second-order valence-corrected chi connectivity index (χ2v) is 4.63. The predicted octanol–water partition coefficient (Wildman–Crippen LogP) is -0.730. The highest BCUT2D eigenvalue weighted by molar-refractivity contribution is 6.58. The Hall–Kier alpha value is -2.22. The molecule has 0 aliphatic heterocycles. The molecular formula is C14H16BN3O3. The van der Waals surface area contributed by atoms with Crippen molar-refractivity contribution in [3.05, 3.63) is 54.2 Å². The van der Waals surface area contributed by atoms with E-state index in [4.69, 9.17) is 15.8 Å². The molecule has 0 saturated heterocycles. The van der Waals surface area contributed by atoms with Crippen molar-refractivity contribution in [2.75, 3.05) is 5.32 Å². The largest absolute Gasteiger partial charge is 0.488 e. The minimum Gasteiger partial charge on any atom is -0.423 e. The Morgan fingerprint density at radius 3 is 2.52 bits per heavy atom. The lowest BCUT2D eigenvalue weighted by Crippen LogP contribution is -2.37. The van der Waals surface area contributed by atoms with Crippen molar-refractivity contribution < 1.29 is 14.8 Å². The fraction of sp³-hybridized carbons (Fsp3) is 0.143. The zero-order chi connectivity index (χ0) is 15.2. The van der Waals surface area contributed by atoms with Gasteiger partial charge in [0.25, 0.3) is 0 Å². The smallest absolute Gasteiger partial charge is 0.423 e. The third kappa shape index (κ3) is 4.39. The molecule has 2 rings (SSSR count). The van der Waals surface area contributed by atoms with Crippen molar-refractivity contribution in [1.82, 2.24) is 4.98 Å². The van der Waals surface area contributed by atoms with E-state index in [0.29, 0.717) is 17.7 Å². The molecule has 1 aromatic carbocycles. The summed E-state index contributed by atoms with van der Waals surface area (Å²) in [6.45, 7) is 0. The molecule has 0 saturated carbocycles. The monoisotopic (exact) mass is 285 g/mol. The number of amides is 1. The Balaban J connectivity index is 1.94. The topological polar surface area (TPSA) is 108 Å². The highest BCUT2D eigenvalue weighted by Crippen LogP contribution is 2.05. The quantitative estimate of drug-likeness (QED) is 0.542. The number of nitrogens with one attached hydrogen (secondary N) is 1. The van der Waals surface area contributed by atoms with E-state index in [1.54, 1.807) is 48.7 Å². The Labute approximate surface area is 122 Å². The highest BCUT2D eigenvalue weighted by Gasteiger charge is 2.15. The molecule has 108 valence electrons. The van der Waals surface area contributed by atoms with Crippen LogP contribution in [0.1, 0.15) is 5.56 Å². The van der Waals surface area contributed by atoms with Crippen LogP contribution in [0.25, 0.3) is 0 Å². The average molecular weight is 285 g/mol. The molecule has 0 radical (unpaired) electrons. The molecule has 1 atom stereocenters. The van der Waals surface area contributed by atoms with Gasteiger partial charge in [0.15, 0.2) is 0 Å². The van der Waals surface area contributed by atoms with Crippen LogP contribution >= 0.6 is 0 Å². The van der Waals surface area contributed by atoms with Crippen LogP contribution in [0, 0.1) is 0 Å². The lowest BCUT2D eigenvalue weighted by atomic mass is 9.80. The molecule has 0 aliphatic rings. The molecule has 6 nitrogen and oxygen atoms in total. The van der Waals surface area contributed by atoms with Gasteiger partial charge in [-0.05, 0) is 29.6 Å². The van der Waals surface area contributed by atoms with E-state index in [-0.39, 0.29) is 5.91 Å². The molecule has 0 spiro atoms. The van der Waals surface area contributed by atoms with E-state index in [1.807, 2.05) is 0 Å². The molecule has 1 heterocycles. The summed E-state index contributed by atoms with van der Waals surface area (Å²) < 4.78 is 0. The van der Waals surface area contributed by atoms with Gasteiger partial charge in [-0.15, -0.1) is 0 Å². The average Bonchev–Trinajstić information content (AvgIpc) is 2.48. The summed E-state index contributed by atoms with van der Waals surface area (Å²) in [5.41, 5.74) is 7.09. The van der Waals surface area contributed by atoms with Gasteiger partial charge in [0.1, 0.15) is 5.82 Å². The van der Waals surface area contributed by atoms with Crippen molar-refractivity contribution in [2.45, 2.75) is 12.5 Å². The first-order valence-electron chi connectivity index (χ1n) is 6.48. The van der Waals surface area contributed by atoms with E-state index in [2.05, 4.69) is 10.3 Å². The maximum Gasteiger partial charge on any atom is 0.488 e. The SMILES string of the molecule is N[C@@H](Cc1ccc(B(O)O)cc1)C(=O)Nc1ccccn1. The van der Waals surface area contributed by atoms with Gasteiger partial charge in [-0.1, -0.05) is 30.3 Å². The Bertz CT molecular complexity index is 590. The molecule has 0 aliphatic carbocycles. The van der Waals surface area contributed by atoms with Crippen molar-refractivity contribution in [3.8, 4) is 0 Å². The molecule has 0 bridgehead atoms. The molecule has 0 unspecified atom stereocenters. The number of rotatable bonds is 5. The number of aromatic nitrogens is 1. The molecule has 5 N–H and O–H groups in total. The molecule has 1 amide bonds. The Morgan fingerprint density at radius 1 is 1.24 bits per heavy atom. The van der Waals surface area contributed by atoms with E-state index in [1.165, 1.54) is 0 Å². The van der Waals surface area contributed by atoms with Crippen LogP contribution in [0.3, 0.4) is 0 Å². The van der Waals surface area contributed by atoms with Gasteiger partial charge >= 0.3 is 7.12 Å². The van der Waals surface area contributed by atoms with Crippen LogP contribution in [0.15, 0.2) is 48.7 Å². The molecule has 2 aromatic rings. The number of hydrogen-bond donors (Lipinski definition) is 4. The minimum atomic E-state index is -1.50.